The minimum atomic E-state index is -1.03. The van der Waals surface area contributed by atoms with E-state index in [2.05, 4.69) is 21.1 Å². The second-order valence-electron chi connectivity index (χ2n) is 4.90. The van der Waals surface area contributed by atoms with Gasteiger partial charge in [0.25, 0.3) is 0 Å². The molecule has 0 atom stereocenters. The van der Waals surface area contributed by atoms with E-state index in [-0.39, 0.29) is 11.7 Å². The molecule has 0 saturated carbocycles. The van der Waals surface area contributed by atoms with Gasteiger partial charge in [0.1, 0.15) is 5.41 Å². The Bertz CT molecular complexity index is 500. The Morgan fingerprint density at radius 3 is 2.68 bits per heavy atom. The summed E-state index contributed by atoms with van der Waals surface area (Å²) >= 11 is 3.39. The van der Waals surface area contributed by atoms with Gasteiger partial charge in [0, 0.05) is 18.1 Å². The van der Waals surface area contributed by atoms with Crippen molar-refractivity contribution in [1.82, 2.24) is 4.90 Å². The summed E-state index contributed by atoms with van der Waals surface area (Å²) in [7, 11) is 1.69. The van der Waals surface area contributed by atoms with Crippen LogP contribution in [0.15, 0.2) is 33.9 Å². The van der Waals surface area contributed by atoms with Crippen LogP contribution in [0.5, 0.6) is 0 Å². The SMILES string of the molecule is CN(Cc1cccc(Br)c1)C(=O)C(C)(C)C(N)=NO. The standard InChI is InChI=1S/C13H18BrN3O2/c1-13(2,11(15)16-19)12(18)17(3)8-9-5-4-6-10(14)7-9/h4-7,19H,8H2,1-3H3,(H2,15,16). The maximum atomic E-state index is 12.3. The van der Waals surface area contributed by atoms with Crippen LogP contribution in [0.1, 0.15) is 19.4 Å². The average molecular weight is 328 g/mol. The Hall–Kier alpha value is -1.56. The maximum Gasteiger partial charge on any atom is 0.235 e. The number of halogens is 1. The Labute approximate surface area is 121 Å². The van der Waals surface area contributed by atoms with E-state index in [1.807, 2.05) is 24.3 Å². The lowest BCUT2D eigenvalue weighted by Crippen LogP contribution is -2.46. The van der Waals surface area contributed by atoms with E-state index in [0.717, 1.165) is 10.0 Å². The minimum Gasteiger partial charge on any atom is -0.409 e. The Morgan fingerprint density at radius 1 is 1.53 bits per heavy atom. The van der Waals surface area contributed by atoms with Gasteiger partial charge in [-0.15, -0.1) is 0 Å². The number of amides is 1. The van der Waals surface area contributed by atoms with Gasteiger partial charge in [0.05, 0.1) is 0 Å². The summed E-state index contributed by atoms with van der Waals surface area (Å²) in [5, 5.41) is 11.6. The second kappa shape index (κ2) is 6.06. The van der Waals surface area contributed by atoms with E-state index in [9.17, 15) is 4.79 Å². The second-order valence-corrected chi connectivity index (χ2v) is 5.82. The van der Waals surface area contributed by atoms with Crippen molar-refractivity contribution in [2.75, 3.05) is 7.05 Å². The molecule has 1 amide bonds. The number of carbonyl (C=O) groups is 1. The van der Waals surface area contributed by atoms with E-state index >= 15 is 0 Å². The van der Waals surface area contributed by atoms with Crippen molar-refractivity contribution in [3.63, 3.8) is 0 Å². The lowest BCUT2D eigenvalue weighted by Gasteiger charge is -2.28. The fraction of sp³-hybridized carbons (Fsp3) is 0.385. The molecule has 1 rings (SSSR count). The van der Waals surface area contributed by atoms with Crippen LogP contribution in [0, 0.1) is 5.41 Å². The van der Waals surface area contributed by atoms with Crippen LogP contribution in [0.3, 0.4) is 0 Å². The van der Waals surface area contributed by atoms with E-state index < -0.39 is 5.41 Å². The third-order valence-electron chi connectivity index (χ3n) is 2.94. The number of amidine groups is 1. The van der Waals surface area contributed by atoms with Crippen molar-refractivity contribution in [3.05, 3.63) is 34.3 Å². The molecule has 1 aromatic carbocycles. The quantitative estimate of drug-likeness (QED) is 0.385. The van der Waals surface area contributed by atoms with Crippen LogP contribution >= 0.6 is 15.9 Å². The molecule has 0 radical (unpaired) electrons. The molecule has 0 aromatic heterocycles. The van der Waals surface area contributed by atoms with Crippen LogP contribution in [0.2, 0.25) is 0 Å². The molecule has 0 aliphatic rings. The van der Waals surface area contributed by atoms with Crippen molar-refractivity contribution >= 4 is 27.7 Å². The normalized spacial score (nSPS) is 12.3. The zero-order valence-electron chi connectivity index (χ0n) is 11.2. The highest BCUT2D eigenvalue weighted by Crippen LogP contribution is 2.20. The molecule has 5 nitrogen and oxygen atoms in total. The van der Waals surface area contributed by atoms with Gasteiger partial charge >= 0.3 is 0 Å². The van der Waals surface area contributed by atoms with Crippen LogP contribution in [0.4, 0.5) is 0 Å². The summed E-state index contributed by atoms with van der Waals surface area (Å²) in [6, 6.07) is 7.71. The Balaban J connectivity index is 2.84. The van der Waals surface area contributed by atoms with Gasteiger partial charge in [0.2, 0.25) is 5.91 Å². The average Bonchev–Trinajstić information content (AvgIpc) is 2.36. The lowest BCUT2D eigenvalue weighted by molar-refractivity contribution is -0.136. The molecule has 1 aromatic rings. The zero-order chi connectivity index (χ0) is 14.6. The predicted molar refractivity (Wildman–Crippen MR) is 77.8 cm³/mol. The largest absolute Gasteiger partial charge is 0.409 e. The first-order valence-corrected chi connectivity index (χ1v) is 6.56. The van der Waals surface area contributed by atoms with Crippen molar-refractivity contribution in [1.29, 1.82) is 0 Å². The summed E-state index contributed by atoms with van der Waals surface area (Å²) in [6.07, 6.45) is 0. The van der Waals surface area contributed by atoms with Crippen LogP contribution < -0.4 is 5.73 Å². The number of nitrogens with two attached hydrogens (primary N) is 1. The van der Waals surface area contributed by atoms with Crippen LogP contribution in [-0.4, -0.2) is 28.9 Å². The maximum absolute atomic E-state index is 12.3. The highest BCUT2D eigenvalue weighted by Gasteiger charge is 2.35. The Morgan fingerprint density at radius 2 is 2.16 bits per heavy atom. The number of rotatable bonds is 4. The minimum absolute atomic E-state index is 0.0985. The van der Waals surface area contributed by atoms with E-state index in [4.69, 9.17) is 10.9 Å². The highest BCUT2D eigenvalue weighted by molar-refractivity contribution is 9.10. The van der Waals surface area contributed by atoms with Crippen molar-refractivity contribution in [2.45, 2.75) is 20.4 Å². The molecule has 19 heavy (non-hydrogen) atoms. The van der Waals surface area contributed by atoms with E-state index in [1.165, 1.54) is 0 Å². The molecule has 0 bridgehead atoms. The monoisotopic (exact) mass is 327 g/mol. The Kier molecular flexibility index (Phi) is 4.94. The third kappa shape index (κ3) is 3.70. The smallest absolute Gasteiger partial charge is 0.235 e. The first kappa shape index (κ1) is 15.5. The van der Waals surface area contributed by atoms with Crippen molar-refractivity contribution in [2.24, 2.45) is 16.3 Å². The van der Waals surface area contributed by atoms with Gasteiger partial charge in [-0.3, -0.25) is 4.79 Å². The zero-order valence-corrected chi connectivity index (χ0v) is 12.8. The molecule has 104 valence electrons. The number of hydrogen-bond donors (Lipinski definition) is 2. The first-order chi connectivity index (χ1) is 8.78. The molecule has 0 spiro atoms. The van der Waals surface area contributed by atoms with Gasteiger partial charge in [-0.25, -0.2) is 0 Å². The molecule has 6 heteroatoms. The summed E-state index contributed by atoms with van der Waals surface area (Å²) in [4.78, 5) is 13.9. The van der Waals surface area contributed by atoms with Crippen LogP contribution in [-0.2, 0) is 11.3 Å². The predicted octanol–water partition coefficient (Wildman–Crippen LogP) is 2.18. The fourth-order valence-electron chi connectivity index (χ4n) is 1.69. The van der Waals surface area contributed by atoms with Gasteiger partial charge in [-0.05, 0) is 31.5 Å². The summed E-state index contributed by atoms with van der Waals surface area (Å²) < 4.78 is 0.960. The molecule has 0 fully saturated rings. The van der Waals surface area contributed by atoms with Crippen molar-refractivity contribution in [3.8, 4) is 0 Å². The number of oxime groups is 1. The molecule has 0 unspecified atom stereocenters. The molecule has 0 aliphatic carbocycles. The van der Waals surface area contributed by atoms with Gasteiger partial charge in [0.15, 0.2) is 5.84 Å². The van der Waals surface area contributed by atoms with E-state index in [0.29, 0.717) is 6.54 Å². The van der Waals surface area contributed by atoms with Gasteiger partial charge in [-0.2, -0.15) is 0 Å². The molecule has 0 aliphatic heterocycles. The van der Waals surface area contributed by atoms with Gasteiger partial charge < -0.3 is 15.8 Å². The number of carbonyl (C=O) groups excluding carboxylic acids is 1. The topological polar surface area (TPSA) is 78.9 Å². The van der Waals surface area contributed by atoms with Gasteiger partial charge in [-0.1, -0.05) is 33.2 Å². The number of nitrogens with zero attached hydrogens (tertiary/aromatic N) is 2. The number of benzene rings is 1. The van der Waals surface area contributed by atoms with Crippen molar-refractivity contribution < 1.29 is 10.0 Å². The van der Waals surface area contributed by atoms with Crippen LogP contribution in [0.25, 0.3) is 0 Å². The third-order valence-corrected chi connectivity index (χ3v) is 3.43. The van der Waals surface area contributed by atoms with E-state index in [1.54, 1.807) is 25.8 Å². The molecule has 0 saturated heterocycles. The number of hydrogen-bond acceptors (Lipinski definition) is 3. The molecule has 3 N–H and O–H groups in total. The fourth-order valence-corrected chi connectivity index (χ4v) is 2.14. The molecule has 0 heterocycles. The highest BCUT2D eigenvalue weighted by atomic mass is 79.9. The molecular formula is C13H18BrN3O2. The summed E-state index contributed by atoms with van der Waals surface area (Å²) in [5.41, 5.74) is 5.52. The summed E-state index contributed by atoms with van der Waals surface area (Å²) in [6.45, 7) is 3.71. The summed E-state index contributed by atoms with van der Waals surface area (Å²) in [5.74, 6) is -0.304. The first-order valence-electron chi connectivity index (χ1n) is 5.77. The lowest BCUT2D eigenvalue weighted by atomic mass is 9.90. The molecular weight excluding hydrogens is 310 g/mol.